The Labute approximate surface area is 259 Å². The molecule has 0 spiro atoms. The normalized spacial score (nSPS) is 19.1. The molecule has 0 radical (unpaired) electrons. The van der Waals surface area contributed by atoms with E-state index >= 15 is 0 Å². The Morgan fingerprint density at radius 1 is 0.897 bits per heavy atom. The van der Waals surface area contributed by atoms with Crippen LogP contribution in [0.1, 0.15) is 121 Å². The van der Waals surface area contributed by atoms with Crippen molar-refractivity contribution in [3.05, 3.63) is 46.4 Å². The highest BCUT2D eigenvalue weighted by Crippen LogP contribution is 2.39. The van der Waals surface area contributed by atoms with Gasteiger partial charge in [0.25, 0.3) is 5.01 Å². The second-order valence-electron chi connectivity index (χ2n) is 11.2. The molecule has 3 rings (SSSR count). The summed E-state index contributed by atoms with van der Waals surface area (Å²) in [6.45, 7) is 6.85. The lowest BCUT2D eigenvalue weighted by atomic mass is 10.0. The van der Waals surface area contributed by atoms with Crippen molar-refractivity contribution < 1.29 is 47.5 Å². The summed E-state index contributed by atoms with van der Waals surface area (Å²) in [5, 5.41) is 3.27. The summed E-state index contributed by atoms with van der Waals surface area (Å²) in [6.07, 6.45) is 19.0. The topological polar surface area (TPSA) is 40.8 Å². The van der Waals surface area contributed by atoms with E-state index in [1.165, 1.54) is 77.0 Å². The van der Waals surface area contributed by atoms with Crippen molar-refractivity contribution in [2.24, 2.45) is 7.05 Å². The first-order valence-corrected chi connectivity index (χ1v) is 15.8. The Balaban J connectivity index is 0.00000533. The SMILES string of the molecule is CCCCCCCCCCCCCC[C@H]1OC(C)(C)O[C@H]1[C@H](OCc1ccc(OC)cc1)c1scc[n+]1C.[I-]. The largest absolute Gasteiger partial charge is 1.00 e. The van der Waals surface area contributed by atoms with Crippen molar-refractivity contribution in [2.45, 2.75) is 135 Å². The average Bonchev–Trinajstić information content (AvgIpc) is 3.47. The second-order valence-corrected chi connectivity index (χ2v) is 12.2. The van der Waals surface area contributed by atoms with Crippen LogP contribution < -0.4 is 33.3 Å². The average molecular weight is 674 g/mol. The highest BCUT2D eigenvalue weighted by Gasteiger charge is 2.48. The van der Waals surface area contributed by atoms with Gasteiger partial charge >= 0.3 is 0 Å². The zero-order chi connectivity index (χ0) is 27.2. The molecule has 3 atom stereocenters. The molecule has 0 saturated carbocycles. The van der Waals surface area contributed by atoms with E-state index in [1.54, 1.807) is 18.4 Å². The van der Waals surface area contributed by atoms with Crippen LogP contribution in [0.4, 0.5) is 0 Å². The Morgan fingerprint density at radius 2 is 1.49 bits per heavy atom. The van der Waals surface area contributed by atoms with E-state index in [0.29, 0.717) is 6.61 Å². The third-order valence-corrected chi connectivity index (χ3v) is 8.53. The third-order valence-electron chi connectivity index (χ3n) is 7.51. The first-order valence-electron chi connectivity index (χ1n) is 15.0. The Morgan fingerprint density at radius 3 is 2.03 bits per heavy atom. The van der Waals surface area contributed by atoms with Crippen LogP contribution in [0.5, 0.6) is 5.75 Å². The minimum absolute atomic E-state index is 0. The van der Waals surface area contributed by atoms with Gasteiger partial charge in [0.1, 0.15) is 18.9 Å². The second kappa shape index (κ2) is 18.6. The van der Waals surface area contributed by atoms with Gasteiger partial charge in [-0.05, 0) is 38.0 Å². The van der Waals surface area contributed by atoms with E-state index in [4.69, 9.17) is 18.9 Å². The van der Waals surface area contributed by atoms with Crippen LogP contribution in [0.25, 0.3) is 0 Å². The minimum Gasteiger partial charge on any atom is -1.00 e. The molecule has 1 fully saturated rings. The van der Waals surface area contributed by atoms with Gasteiger partial charge in [-0.2, -0.15) is 4.57 Å². The van der Waals surface area contributed by atoms with Gasteiger partial charge in [-0.3, -0.25) is 0 Å². The predicted octanol–water partition coefficient (Wildman–Crippen LogP) is 5.45. The number of methoxy groups -OCH3 is 1. The van der Waals surface area contributed by atoms with Gasteiger partial charge in [-0.1, -0.05) is 107 Å². The van der Waals surface area contributed by atoms with Gasteiger partial charge in [-0.25, -0.2) is 0 Å². The molecule has 0 bridgehead atoms. The van der Waals surface area contributed by atoms with Crippen LogP contribution in [0.2, 0.25) is 0 Å². The standard InChI is InChI=1S/C32H52NO4S.HI/c1-6-7-8-9-10-11-12-13-14-15-16-17-18-28-29(37-32(2,3)36-28)30(31-33(4)23-24-38-31)35-25-26-19-21-27(34-5)22-20-26;/h19-24,28-30H,6-18,25H2,1-5H3;1H/q+1;/p-1/t28-,29-,30+;/m1./s1. The van der Waals surface area contributed by atoms with Crippen LogP contribution >= 0.6 is 11.3 Å². The quantitative estimate of drug-likeness (QED) is 0.113. The lowest BCUT2D eigenvalue weighted by Gasteiger charge is -2.24. The van der Waals surface area contributed by atoms with Gasteiger partial charge in [-0.15, -0.1) is 0 Å². The van der Waals surface area contributed by atoms with Gasteiger partial charge in [0.15, 0.2) is 18.1 Å². The zero-order valence-corrected chi connectivity index (χ0v) is 27.9. The fraction of sp³-hybridized carbons (Fsp3) is 0.719. The number of nitrogens with zero attached hydrogens (tertiary/aromatic N) is 1. The summed E-state index contributed by atoms with van der Waals surface area (Å²) in [4.78, 5) is 0. The molecule has 0 N–H and O–H groups in total. The van der Waals surface area contributed by atoms with E-state index in [-0.39, 0.29) is 42.3 Å². The van der Waals surface area contributed by atoms with Crippen molar-refractivity contribution >= 4 is 11.3 Å². The molecule has 2 heterocycles. The molecule has 1 aliphatic rings. The molecule has 39 heavy (non-hydrogen) atoms. The summed E-state index contributed by atoms with van der Waals surface area (Å²) in [5.74, 6) is 0.246. The number of aromatic nitrogens is 1. The molecular formula is C32H52INO4S. The van der Waals surface area contributed by atoms with E-state index in [2.05, 4.69) is 42.2 Å². The molecule has 0 unspecified atom stereocenters. The van der Waals surface area contributed by atoms with Crippen LogP contribution in [0, 0.1) is 0 Å². The van der Waals surface area contributed by atoms with E-state index in [1.807, 2.05) is 26.0 Å². The smallest absolute Gasteiger partial charge is 0.269 e. The van der Waals surface area contributed by atoms with Crippen molar-refractivity contribution in [3.63, 3.8) is 0 Å². The van der Waals surface area contributed by atoms with Crippen molar-refractivity contribution in [3.8, 4) is 5.75 Å². The summed E-state index contributed by atoms with van der Waals surface area (Å²) in [6, 6.07) is 8.08. The molecule has 1 aromatic carbocycles. The van der Waals surface area contributed by atoms with Gasteiger partial charge in [0, 0.05) is 0 Å². The maximum absolute atomic E-state index is 6.59. The lowest BCUT2D eigenvalue weighted by molar-refractivity contribution is -0.678. The monoisotopic (exact) mass is 673 g/mol. The Bertz CT molecular complexity index is 904. The molecule has 1 saturated heterocycles. The number of hydrogen-bond donors (Lipinski definition) is 0. The highest BCUT2D eigenvalue weighted by molar-refractivity contribution is 7.09. The summed E-state index contributed by atoms with van der Waals surface area (Å²) >= 11 is 1.72. The number of ether oxygens (including phenoxy) is 4. The van der Waals surface area contributed by atoms with Gasteiger partial charge in [0.05, 0.1) is 25.2 Å². The lowest BCUT2D eigenvalue weighted by Crippen LogP contribution is -3.00. The molecule has 5 nitrogen and oxygen atoms in total. The summed E-state index contributed by atoms with van der Waals surface area (Å²) in [7, 11) is 3.77. The number of unbranched alkanes of at least 4 members (excludes halogenated alkanes) is 11. The maximum atomic E-state index is 6.59. The molecule has 222 valence electrons. The first kappa shape index (κ1) is 34.5. The number of benzene rings is 1. The number of rotatable bonds is 19. The minimum atomic E-state index is -0.607. The summed E-state index contributed by atoms with van der Waals surface area (Å²) < 4.78 is 27.0. The molecule has 0 amide bonds. The van der Waals surface area contributed by atoms with Crippen molar-refractivity contribution in [1.82, 2.24) is 0 Å². The van der Waals surface area contributed by atoms with Crippen LogP contribution in [-0.2, 0) is 27.9 Å². The zero-order valence-electron chi connectivity index (χ0n) is 25.0. The van der Waals surface area contributed by atoms with E-state index < -0.39 is 5.79 Å². The first-order chi connectivity index (χ1) is 18.4. The van der Waals surface area contributed by atoms with Gasteiger partial charge < -0.3 is 42.9 Å². The Hall–Kier alpha value is -0.740. The van der Waals surface area contributed by atoms with Crippen LogP contribution in [0.15, 0.2) is 35.8 Å². The van der Waals surface area contributed by atoms with Crippen LogP contribution in [0.3, 0.4) is 0 Å². The fourth-order valence-corrected chi connectivity index (χ4v) is 6.31. The molecule has 0 aliphatic carbocycles. The van der Waals surface area contributed by atoms with Crippen molar-refractivity contribution in [1.29, 1.82) is 0 Å². The number of halogens is 1. The van der Waals surface area contributed by atoms with Crippen LogP contribution in [-0.4, -0.2) is 25.1 Å². The fourth-order valence-electron chi connectivity index (χ4n) is 5.36. The van der Waals surface area contributed by atoms with Gasteiger partial charge in [0.2, 0.25) is 0 Å². The van der Waals surface area contributed by atoms with E-state index in [0.717, 1.165) is 22.7 Å². The molecule has 7 heteroatoms. The van der Waals surface area contributed by atoms with E-state index in [9.17, 15) is 0 Å². The Kier molecular flexibility index (Phi) is 16.5. The molecule has 2 aromatic rings. The number of aryl methyl sites for hydroxylation is 1. The summed E-state index contributed by atoms with van der Waals surface area (Å²) in [5.41, 5.74) is 1.12. The molecule has 1 aromatic heterocycles. The van der Waals surface area contributed by atoms with Crippen molar-refractivity contribution in [2.75, 3.05) is 7.11 Å². The third kappa shape index (κ3) is 12.0. The highest BCUT2D eigenvalue weighted by atomic mass is 127. The maximum Gasteiger partial charge on any atom is 0.269 e. The molecule has 1 aliphatic heterocycles. The number of hydrogen-bond acceptors (Lipinski definition) is 5. The molecular weight excluding hydrogens is 621 g/mol. The predicted molar refractivity (Wildman–Crippen MR) is 156 cm³/mol. The number of thiazole rings is 1.